The fraction of sp³-hybridized carbons (Fsp3) is 0.467. The molecule has 0 radical (unpaired) electrons. The first-order valence-corrected chi connectivity index (χ1v) is 7.15. The molecule has 7 heteroatoms. The predicted octanol–water partition coefficient (Wildman–Crippen LogP) is 2.01. The minimum atomic E-state index is -1.02. The average Bonchev–Trinajstić information content (AvgIpc) is 2.46. The van der Waals surface area contributed by atoms with Gasteiger partial charge in [0.15, 0.2) is 0 Å². The van der Waals surface area contributed by atoms with Gasteiger partial charge in [0.05, 0.1) is 12.3 Å². The van der Waals surface area contributed by atoms with Crippen LogP contribution < -0.4 is 10.7 Å². The number of carbonyl (C=O) groups excluding carboxylic acids is 1. The molecule has 1 aliphatic heterocycles. The number of amides is 1. The summed E-state index contributed by atoms with van der Waals surface area (Å²) in [4.78, 5) is 21.8. The molecule has 0 bridgehead atoms. The summed E-state index contributed by atoms with van der Waals surface area (Å²) in [5.74, 6) is -0.00229. The molecule has 1 aromatic rings. The highest BCUT2D eigenvalue weighted by Gasteiger charge is 2.30. The molecular formula is C15H20N4O3. The molecule has 0 saturated heterocycles. The summed E-state index contributed by atoms with van der Waals surface area (Å²) in [6.45, 7) is 5.36. The molecule has 1 aromatic carbocycles. The Bertz CT molecular complexity index is 608. The number of hydrogen-bond donors (Lipinski definition) is 2. The number of rotatable bonds is 5. The SMILES string of the molecule is CC1CC(=O)NN=C1c1ccc(NCC(C)(C)[N+](=O)[O-])cc1. The molecule has 1 unspecified atom stereocenters. The van der Waals surface area contributed by atoms with Crippen LogP contribution in [0.3, 0.4) is 0 Å². The largest absolute Gasteiger partial charge is 0.378 e. The van der Waals surface area contributed by atoms with Crippen LogP contribution in [0.1, 0.15) is 32.8 Å². The summed E-state index contributed by atoms with van der Waals surface area (Å²) < 4.78 is 0. The molecule has 118 valence electrons. The minimum absolute atomic E-state index is 0.0703. The lowest BCUT2D eigenvalue weighted by Crippen LogP contribution is -2.38. The van der Waals surface area contributed by atoms with Gasteiger partial charge in [-0.05, 0) is 17.7 Å². The quantitative estimate of drug-likeness (QED) is 0.642. The Balaban J connectivity index is 2.05. The second-order valence-electron chi connectivity index (χ2n) is 6.14. The highest BCUT2D eigenvalue weighted by molar-refractivity contribution is 6.05. The van der Waals surface area contributed by atoms with E-state index in [1.807, 2.05) is 31.2 Å². The molecular weight excluding hydrogens is 284 g/mol. The van der Waals surface area contributed by atoms with Gasteiger partial charge in [-0.15, -0.1) is 0 Å². The van der Waals surface area contributed by atoms with Gasteiger partial charge in [-0.1, -0.05) is 19.1 Å². The van der Waals surface area contributed by atoms with Gasteiger partial charge in [0.2, 0.25) is 11.4 Å². The maximum atomic E-state index is 11.3. The third-order valence-corrected chi connectivity index (χ3v) is 3.66. The second kappa shape index (κ2) is 6.13. The molecule has 0 saturated carbocycles. The van der Waals surface area contributed by atoms with Crippen molar-refractivity contribution in [2.45, 2.75) is 32.7 Å². The first-order chi connectivity index (χ1) is 10.3. The molecule has 1 amide bonds. The van der Waals surface area contributed by atoms with Crippen LogP contribution >= 0.6 is 0 Å². The van der Waals surface area contributed by atoms with Gasteiger partial charge in [-0.25, -0.2) is 5.43 Å². The molecule has 0 aromatic heterocycles. The average molecular weight is 304 g/mol. The molecule has 1 aliphatic rings. The highest BCUT2D eigenvalue weighted by Crippen LogP contribution is 2.19. The Labute approximate surface area is 128 Å². The number of nitro groups is 1. The minimum Gasteiger partial charge on any atom is -0.378 e. The molecule has 1 atom stereocenters. The standard InChI is InChI=1S/C15H20N4O3/c1-10-8-13(20)17-18-14(10)11-4-6-12(7-5-11)16-9-15(2,3)19(21)22/h4-7,10,16H,8-9H2,1-3H3,(H,17,20). The molecule has 7 nitrogen and oxygen atoms in total. The van der Waals surface area contributed by atoms with Crippen LogP contribution in [0.5, 0.6) is 0 Å². The summed E-state index contributed by atoms with van der Waals surface area (Å²) in [7, 11) is 0. The first-order valence-electron chi connectivity index (χ1n) is 7.15. The zero-order valence-electron chi connectivity index (χ0n) is 12.9. The smallest absolute Gasteiger partial charge is 0.240 e. The van der Waals surface area contributed by atoms with Crippen LogP contribution in [0.25, 0.3) is 0 Å². The maximum absolute atomic E-state index is 11.3. The van der Waals surface area contributed by atoms with Gasteiger partial charge in [-0.2, -0.15) is 5.10 Å². The van der Waals surface area contributed by atoms with E-state index < -0.39 is 5.54 Å². The molecule has 0 spiro atoms. The van der Waals surface area contributed by atoms with Crippen molar-refractivity contribution in [3.05, 3.63) is 39.9 Å². The molecule has 0 fully saturated rings. The zero-order valence-corrected chi connectivity index (χ0v) is 12.9. The van der Waals surface area contributed by atoms with Crippen LogP contribution in [0.15, 0.2) is 29.4 Å². The topological polar surface area (TPSA) is 96.6 Å². The summed E-state index contributed by atoms with van der Waals surface area (Å²) in [6.07, 6.45) is 0.426. The fourth-order valence-corrected chi connectivity index (χ4v) is 2.14. The van der Waals surface area contributed by atoms with E-state index in [0.717, 1.165) is 17.0 Å². The molecule has 22 heavy (non-hydrogen) atoms. The van der Waals surface area contributed by atoms with Gasteiger partial charge < -0.3 is 5.32 Å². The van der Waals surface area contributed by atoms with Crippen LogP contribution in [-0.4, -0.2) is 28.6 Å². The first kappa shape index (κ1) is 15.9. The number of hydrogen-bond acceptors (Lipinski definition) is 5. The molecule has 0 aliphatic carbocycles. The van der Waals surface area contributed by atoms with Crippen molar-refractivity contribution in [3.63, 3.8) is 0 Å². The van der Waals surface area contributed by atoms with Gasteiger partial charge in [0.1, 0.15) is 0 Å². The van der Waals surface area contributed by atoms with E-state index in [0.29, 0.717) is 6.42 Å². The van der Waals surface area contributed by atoms with Gasteiger partial charge in [-0.3, -0.25) is 14.9 Å². The number of anilines is 1. The summed E-state index contributed by atoms with van der Waals surface area (Å²) >= 11 is 0. The number of carbonyl (C=O) groups is 1. The van der Waals surface area contributed by atoms with E-state index in [9.17, 15) is 14.9 Å². The van der Waals surface area contributed by atoms with Crippen LogP contribution in [0.4, 0.5) is 5.69 Å². The summed E-state index contributed by atoms with van der Waals surface area (Å²) in [5, 5.41) is 18.1. The van der Waals surface area contributed by atoms with Gasteiger partial charge in [0.25, 0.3) is 0 Å². The lowest BCUT2D eigenvalue weighted by molar-refractivity contribution is -0.556. The van der Waals surface area contributed by atoms with Crippen LogP contribution in [-0.2, 0) is 4.79 Å². The lowest BCUT2D eigenvalue weighted by atomic mass is 9.94. The van der Waals surface area contributed by atoms with Gasteiger partial charge >= 0.3 is 0 Å². The second-order valence-corrected chi connectivity index (χ2v) is 6.14. The Morgan fingerprint density at radius 2 is 2.05 bits per heavy atom. The van der Waals surface area contributed by atoms with Crippen molar-refractivity contribution in [2.75, 3.05) is 11.9 Å². The van der Waals surface area contributed by atoms with E-state index in [1.165, 1.54) is 0 Å². The fourth-order valence-electron chi connectivity index (χ4n) is 2.14. The monoisotopic (exact) mass is 304 g/mol. The number of hydrazone groups is 1. The predicted molar refractivity (Wildman–Crippen MR) is 84.5 cm³/mol. The van der Waals surface area contributed by atoms with E-state index in [1.54, 1.807) is 13.8 Å². The summed E-state index contributed by atoms with van der Waals surface area (Å²) in [6, 6.07) is 7.51. The van der Waals surface area contributed by atoms with E-state index in [-0.39, 0.29) is 23.3 Å². The third-order valence-electron chi connectivity index (χ3n) is 3.66. The lowest BCUT2D eigenvalue weighted by Gasteiger charge is -2.20. The highest BCUT2D eigenvalue weighted by atomic mass is 16.6. The maximum Gasteiger partial charge on any atom is 0.240 e. The Hall–Kier alpha value is -2.44. The number of nitrogens with one attached hydrogen (secondary N) is 2. The van der Waals surface area contributed by atoms with Crippen molar-refractivity contribution >= 4 is 17.3 Å². The Morgan fingerprint density at radius 1 is 1.41 bits per heavy atom. The van der Waals surface area contributed by atoms with Crippen molar-refractivity contribution in [1.29, 1.82) is 0 Å². The van der Waals surface area contributed by atoms with Crippen molar-refractivity contribution in [2.24, 2.45) is 11.0 Å². The van der Waals surface area contributed by atoms with E-state index in [4.69, 9.17) is 0 Å². The molecule has 1 heterocycles. The van der Waals surface area contributed by atoms with E-state index >= 15 is 0 Å². The van der Waals surface area contributed by atoms with Crippen molar-refractivity contribution in [1.82, 2.24) is 5.43 Å². The van der Waals surface area contributed by atoms with Crippen LogP contribution in [0.2, 0.25) is 0 Å². The molecule has 2 rings (SSSR count). The van der Waals surface area contributed by atoms with Crippen molar-refractivity contribution < 1.29 is 9.72 Å². The Kier molecular flexibility index (Phi) is 4.44. The normalized spacial score (nSPS) is 18.4. The molecule has 2 N–H and O–H groups in total. The zero-order chi connectivity index (χ0) is 16.3. The number of benzene rings is 1. The third kappa shape index (κ3) is 3.60. The van der Waals surface area contributed by atoms with Gasteiger partial charge in [0, 0.05) is 36.8 Å². The Morgan fingerprint density at radius 3 is 2.59 bits per heavy atom. The summed E-state index contributed by atoms with van der Waals surface area (Å²) in [5.41, 5.74) is 4.06. The van der Waals surface area contributed by atoms with Crippen LogP contribution in [0, 0.1) is 16.0 Å². The number of nitrogens with zero attached hydrogens (tertiary/aromatic N) is 2. The van der Waals surface area contributed by atoms with E-state index in [2.05, 4.69) is 15.8 Å². The van der Waals surface area contributed by atoms with Crippen molar-refractivity contribution in [3.8, 4) is 0 Å².